The number of carbonyl (C=O) groups is 1. The van der Waals surface area contributed by atoms with Gasteiger partial charge in [0.15, 0.2) is 0 Å². The Morgan fingerprint density at radius 2 is 2.00 bits per heavy atom. The molecule has 0 saturated carbocycles. The van der Waals surface area contributed by atoms with Crippen molar-refractivity contribution in [1.29, 1.82) is 0 Å². The highest BCUT2D eigenvalue weighted by Gasteiger charge is 2.25. The second-order valence-corrected chi connectivity index (χ2v) is 5.16. The third-order valence-corrected chi connectivity index (χ3v) is 4.03. The van der Waals surface area contributed by atoms with Crippen LogP contribution in [-0.2, 0) is 9.53 Å². The molecule has 1 heterocycles. The van der Waals surface area contributed by atoms with Crippen LogP contribution in [0.15, 0.2) is 23.1 Å². The topological polar surface area (TPSA) is 26.3 Å². The lowest BCUT2D eigenvalue weighted by Gasteiger charge is -2.11. The van der Waals surface area contributed by atoms with Gasteiger partial charge in [0.25, 0.3) is 0 Å². The summed E-state index contributed by atoms with van der Waals surface area (Å²) in [6.45, 7) is 4.76. The fourth-order valence-corrected chi connectivity index (χ4v) is 2.91. The molecule has 0 radical (unpaired) electrons. The molecule has 2 rings (SSSR count). The van der Waals surface area contributed by atoms with Gasteiger partial charge in [-0.3, -0.25) is 4.79 Å². The first-order chi connectivity index (χ1) is 7.16. The Hall–Kier alpha value is -0.960. The van der Waals surface area contributed by atoms with Crippen molar-refractivity contribution in [3.05, 3.63) is 29.3 Å². The first kappa shape index (κ1) is 10.6. The molecule has 0 aliphatic carbocycles. The van der Waals surface area contributed by atoms with Crippen molar-refractivity contribution in [1.82, 2.24) is 0 Å². The van der Waals surface area contributed by atoms with Crippen LogP contribution in [0.2, 0.25) is 0 Å². The van der Waals surface area contributed by atoms with E-state index in [2.05, 4.69) is 32.0 Å². The lowest BCUT2D eigenvalue weighted by molar-refractivity contribution is -0.137. The minimum absolute atomic E-state index is 0.0706. The maximum absolute atomic E-state index is 11.0. The van der Waals surface area contributed by atoms with Gasteiger partial charge < -0.3 is 4.74 Å². The number of aryl methyl sites for hydroxylation is 2. The summed E-state index contributed by atoms with van der Waals surface area (Å²) in [5.74, 6) is -0.0706. The zero-order valence-electron chi connectivity index (χ0n) is 8.95. The summed E-state index contributed by atoms with van der Waals surface area (Å²) in [5.41, 5.74) is 2.55. The summed E-state index contributed by atoms with van der Waals surface area (Å²) in [6.07, 6.45) is 0.540. The number of esters is 1. The standard InChI is InChI=1S/C12H14O2S/c1-8-4-3-5-9(2)12(8)15-10-6-11(13)14-7-10/h3-5,10H,6-7H2,1-2H3/t10-/m0/s1. The van der Waals surface area contributed by atoms with Crippen LogP contribution in [0.25, 0.3) is 0 Å². The van der Waals surface area contributed by atoms with E-state index in [1.165, 1.54) is 16.0 Å². The first-order valence-corrected chi connectivity index (χ1v) is 5.93. The number of thioether (sulfide) groups is 1. The molecular weight excluding hydrogens is 208 g/mol. The molecule has 1 aliphatic heterocycles. The molecule has 1 fully saturated rings. The summed E-state index contributed by atoms with van der Waals surface area (Å²) >= 11 is 1.76. The van der Waals surface area contributed by atoms with Gasteiger partial charge in [0.2, 0.25) is 0 Å². The van der Waals surface area contributed by atoms with Crippen LogP contribution < -0.4 is 0 Å². The van der Waals surface area contributed by atoms with E-state index in [-0.39, 0.29) is 11.2 Å². The highest BCUT2D eigenvalue weighted by molar-refractivity contribution is 8.00. The molecule has 1 aromatic rings. The Morgan fingerprint density at radius 1 is 1.33 bits per heavy atom. The Morgan fingerprint density at radius 3 is 2.53 bits per heavy atom. The van der Waals surface area contributed by atoms with Gasteiger partial charge in [-0.15, -0.1) is 11.8 Å². The van der Waals surface area contributed by atoms with Gasteiger partial charge in [-0.1, -0.05) is 18.2 Å². The third-order valence-electron chi connectivity index (χ3n) is 2.52. The van der Waals surface area contributed by atoms with E-state index in [0.717, 1.165) is 0 Å². The molecule has 80 valence electrons. The Balaban J connectivity index is 2.13. The van der Waals surface area contributed by atoms with Gasteiger partial charge in [0.05, 0.1) is 11.7 Å². The summed E-state index contributed by atoms with van der Waals surface area (Å²) in [6, 6.07) is 6.27. The molecule has 1 aliphatic rings. The van der Waals surface area contributed by atoms with Gasteiger partial charge in [0, 0.05) is 4.90 Å². The van der Waals surface area contributed by atoms with Crippen LogP contribution in [-0.4, -0.2) is 17.8 Å². The maximum atomic E-state index is 11.0. The van der Waals surface area contributed by atoms with Crippen molar-refractivity contribution in [2.24, 2.45) is 0 Å². The van der Waals surface area contributed by atoms with Crippen molar-refractivity contribution in [3.63, 3.8) is 0 Å². The van der Waals surface area contributed by atoms with Gasteiger partial charge in [-0.25, -0.2) is 0 Å². The summed E-state index contributed by atoms with van der Waals surface area (Å²) in [5, 5.41) is 0.289. The van der Waals surface area contributed by atoms with Crippen LogP contribution in [0.3, 0.4) is 0 Å². The quantitative estimate of drug-likeness (QED) is 0.720. The third kappa shape index (κ3) is 2.34. The maximum Gasteiger partial charge on any atom is 0.307 e. The lowest BCUT2D eigenvalue weighted by atomic mass is 10.2. The second-order valence-electron chi connectivity index (χ2n) is 3.85. The van der Waals surface area contributed by atoms with Crippen LogP contribution in [0, 0.1) is 13.8 Å². The van der Waals surface area contributed by atoms with E-state index in [9.17, 15) is 4.79 Å². The highest BCUT2D eigenvalue weighted by Crippen LogP contribution is 2.33. The lowest BCUT2D eigenvalue weighted by Crippen LogP contribution is -2.01. The molecule has 2 nitrogen and oxygen atoms in total. The normalized spacial score (nSPS) is 20.4. The van der Waals surface area contributed by atoms with Crippen molar-refractivity contribution in [2.45, 2.75) is 30.4 Å². The summed E-state index contributed by atoms with van der Waals surface area (Å²) in [7, 11) is 0. The second kappa shape index (κ2) is 4.27. The van der Waals surface area contributed by atoms with Gasteiger partial charge in [-0.2, -0.15) is 0 Å². The minimum atomic E-state index is -0.0706. The minimum Gasteiger partial charge on any atom is -0.464 e. The average molecular weight is 222 g/mol. The van der Waals surface area contributed by atoms with Crippen LogP contribution in [0.5, 0.6) is 0 Å². The zero-order chi connectivity index (χ0) is 10.8. The Bertz CT molecular complexity index is 367. The monoisotopic (exact) mass is 222 g/mol. The smallest absolute Gasteiger partial charge is 0.307 e. The number of ether oxygens (including phenoxy) is 1. The van der Waals surface area contributed by atoms with Gasteiger partial charge >= 0.3 is 5.97 Å². The molecule has 3 heteroatoms. The van der Waals surface area contributed by atoms with Crippen LogP contribution >= 0.6 is 11.8 Å². The van der Waals surface area contributed by atoms with E-state index >= 15 is 0 Å². The van der Waals surface area contributed by atoms with Gasteiger partial charge in [0.1, 0.15) is 6.61 Å². The van der Waals surface area contributed by atoms with Crippen LogP contribution in [0.1, 0.15) is 17.5 Å². The molecule has 0 aromatic heterocycles. The summed E-state index contributed by atoms with van der Waals surface area (Å²) in [4.78, 5) is 12.3. The predicted octanol–water partition coefficient (Wildman–Crippen LogP) is 2.71. The van der Waals surface area contributed by atoms with Gasteiger partial charge in [-0.05, 0) is 25.0 Å². The number of rotatable bonds is 2. The van der Waals surface area contributed by atoms with E-state index in [1.54, 1.807) is 11.8 Å². The summed E-state index contributed by atoms with van der Waals surface area (Å²) < 4.78 is 4.96. The SMILES string of the molecule is Cc1cccc(C)c1S[C@@H]1COC(=O)C1. The molecule has 0 unspecified atom stereocenters. The number of hydrogen-bond acceptors (Lipinski definition) is 3. The highest BCUT2D eigenvalue weighted by atomic mass is 32.2. The van der Waals surface area contributed by atoms with E-state index in [1.807, 2.05) is 0 Å². The molecule has 0 bridgehead atoms. The van der Waals surface area contributed by atoms with Crippen molar-refractivity contribution >= 4 is 17.7 Å². The molecule has 1 atom stereocenters. The van der Waals surface area contributed by atoms with E-state index in [4.69, 9.17) is 4.74 Å². The predicted molar refractivity (Wildman–Crippen MR) is 61.1 cm³/mol. The van der Waals surface area contributed by atoms with E-state index in [0.29, 0.717) is 13.0 Å². The molecular formula is C12H14O2S. The zero-order valence-corrected chi connectivity index (χ0v) is 9.76. The first-order valence-electron chi connectivity index (χ1n) is 5.05. The largest absolute Gasteiger partial charge is 0.464 e. The molecule has 1 aromatic carbocycles. The fraction of sp³-hybridized carbons (Fsp3) is 0.417. The molecule has 1 saturated heterocycles. The van der Waals surface area contributed by atoms with Crippen molar-refractivity contribution < 1.29 is 9.53 Å². The van der Waals surface area contributed by atoms with Crippen molar-refractivity contribution in [2.75, 3.05) is 6.61 Å². The number of hydrogen-bond donors (Lipinski definition) is 0. The average Bonchev–Trinajstić information content (AvgIpc) is 2.58. The molecule has 0 N–H and O–H groups in total. The molecule has 15 heavy (non-hydrogen) atoms. The van der Waals surface area contributed by atoms with Crippen molar-refractivity contribution in [3.8, 4) is 0 Å². The molecule has 0 spiro atoms. The number of carbonyl (C=O) groups excluding carboxylic acids is 1. The fourth-order valence-electron chi connectivity index (χ4n) is 1.72. The number of cyclic esters (lactones) is 1. The number of benzene rings is 1. The van der Waals surface area contributed by atoms with E-state index < -0.39 is 0 Å². The molecule has 0 amide bonds. The Labute approximate surface area is 94.0 Å². The van der Waals surface area contributed by atoms with Crippen LogP contribution in [0.4, 0.5) is 0 Å². The Kier molecular flexibility index (Phi) is 3.00.